The molecule has 16 heavy (non-hydrogen) atoms. The normalized spacial score (nSPS) is 12.6. The van der Waals surface area contributed by atoms with Crippen LogP contribution < -0.4 is 4.90 Å². The second-order valence-corrected chi connectivity index (χ2v) is 4.15. The zero-order valence-corrected chi connectivity index (χ0v) is 10.3. The monoisotopic (exact) mass is 247 g/mol. The van der Waals surface area contributed by atoms with Gasteiger partial charge in [-0.15, -0.1) is 11.6 Å². The molecule has 0 saturated carbocycles. The average Bonchev–Trinajstić information content (AvgIpc) is 2.22. The van der Waals surface area contributed by atoms with E-state index in [4.69, 9.17) is 16.3 Å². The Balaban J connectivity index is 2.72. The fraction of sp³-hybridized carbons (Fsp3) is 0.600. The Bertz CT molecular complexity index is 351. The third-order valence-electron chi connectivity index (χ3n) is 2.13. The molecule has 1 aromatic rings. The molecule has 0 spiro atoms. The number of alkyl halides is 1. The molecule has 1 atom stereocenters. The lowest BCUT2D eigenvalue weighted by Gasteiger charge is -2.21. The van der Waals surface area contributed by atoms with Crippen LogP contribution in [0.15, 0.2) is 6.33 Å². The first-order chi connectivity index (χ1) is 7.56. The van der Waals surface area contributed by atoms with Crippen LogP contribution in [0.2, 0.25) is 0 Å². The van der Waals surface area contributed by atoms with E-state index < -0.39 is 5.82 Å². The van der Waals surface area contributed by atoms with Gasteiger partial charge in [-0.2, -0.15) is 0 Å². The van der Waals surface area contributed by atoms with Crippen molar-refractivity contribution in [3.8, 4) is 0 Å². The minimum Gasteiger partial charge on any atom is -0.383 e. The number of hydrogen-bond donors (Lipinski definition) is 0. The van der Waals surface area contributed by atoms with Crippen LogP contribution in [0, 0.1) is 12.7 Å². The van der Waals surface area contributed by atoms with Crippen LogP contribution in [0.4, 0.5) is 10.2 Å². The second-order valence-electron chi connectivity index (χ2n) is 3.53. The van der Waals surface area contributed by atoms with Gasteiger partial charge in [0.05, 0.1) is 17.7 Å². The van der Waals surface area contributed by atoms with Crippen molar-refractivity contribution in [2.45, 2.75) is 12.3 Å². The van der Waals surface area contributed by atoms with Crippen LogP contribution in [0.1, 0.15) is 5.69 Å². The average molecular weight is 248 g/mol. The fourth-order valence-corrected chi connectivity index (χ4v) is 1.66. The molecule has 1 aromatic heterocycles. The molecule has 0 aliphatic carbocycles. The summed E-state index contributed by atoms with van der Waals surface area (Å²) in [4.78, 5) is 9.31. The van der Waals surface area contributed by atoms with Crippen LogP contribution in [0.3, 0.4) is 0 Å². The van der Waals surface area contributed by atoms with Crippen molar-refractivity contribution in [1.82, 2.24) is 9.97 Å². The number of aryl methyl sites for hydroxylation is 1. The molecule has 0 bridgehead atoms. The van der Waals surface area contributed by atoms with Crippen molar-refractivity contribution >= 4 is 17.4 Å². The van der Waals surface area contributed by atoms with Crippen molar-refractivity contribution in [3.63, 3.8) is 0 Å². The minimum atomic E-state index is -0.411. The van der Waals surface area contributed by atoms with E-state index >= 15 is 0 Å². The van der Waals surface area contributed by atoms with Gasteiger partial charge in [0.1, 0.15) is 6.33 Å². The van der Waals surface area contributed by atoms with Gasteiger partial charge in [0.25, 0.3) is 0 Å². The summed E-state index contributed by atoms with van der Waals surface area (Å²) in [5.74, 6) is -0.152. The van der Waals surface area contributed by atoms with Crippen molar-refractivity contribution < 1.29 is 9.13 Å². The quantitative estimate of drug-likeness (QED) is 0.741. The highest BCUT2D eigenvalue weighted by atomic mass is 35.5. The second kappa shape index (κ2) is 5.96. The zero-order valence-electron chi connectivity index (χ0n) is 9.57. The molecular formula is C10H15ClFN3O. The van der Waals surface area contributed by atoms with Gasteiger partial charge in [0.2, 0.25) is 0 Å². The summed E-state index contributed by atoms with van der Waals surface area (Å²) >= 11 is 5.99. The van der Waals surface area contributed by atoms with Crippen LogP contribution in [-0.2, 0) is 4.74 Å². The molecule has 0 fully saturated rings. The van der Waals surface area contributed by atoms with Gasteiger partial charge in [0, 0.05) is 20.7 Å². The summed E-state index contributed by atoms with van der Waals surface area (Å²) < 4.78 is 18.6. The lowest BCUT2D eigenvalue weighted by Crippen LogP contribution is -2.30. The van der Waals surface area contributed by atoms with Gasteiger partial charge >= 0.3 is 0 Å². The van der Waals surface area contributed by atoms with Crippen molar-refractivity contribution in [2.75, 3.05) is 32.2 Å². The van der Waals surface area contributed by atoms with Crippen LogP contribution in [0.5, 0.6) is 0 Å². The van der Waals surface area contributed by atoms with Crippen molar-refractivity contribution in [2.24, 2.45) is 0 Å². The van der Waals surface area contributed by atoms with Crippen LogP contribution in [-0.4, -0.2) is 42.7 Å². The van der Waals surface area contributed by atoms with E-state index in [1.54, 1.807) is 26.0 Å². The molecule has 0 aromatic carbocycles. The van der Waals surface area contributed by atoms with E-state index in [2.05, 4.69) is 9.97 Å². The van der Waals surface area contributed by atoms with Gasteiger partial charge < -0.3 is 9.64 Å². The van der Waals surface area contributed by atoms with Gasteiger partial charge in [-0.05, 0) is 6.92 Å². The van der Waals surface area contributed by atoms with E-state index in [-0.39, 0.29) is 11.2 Å². The smallest absolute Gasteiger partial charge is 0.186 e. The van der Waals surface area contributed by atoms with Crippen molar-refractivity contribution in [1.29, 1.82) is 0 Å². The summed E-state index contributed by atoms with van der Waals surface area (Å²) in [7, 11) is 3.31. The third kappa shape index (κ3) is 3.28. The molecule has 1 rings (SSSR count). The number of anilines is 1. The topological polar surface area (TPSA) is 38.2 Å². The lowest BCUT2D eigenvalue weighted by molar-refractivity contribution is 0.199. The number of halogens is 2. The zero-order chi connectivity index (χ0) is 12.1. The van der Waals surface area contributed by atoms with E-state index in [1.807, 2.05) is 0 Å². The Hall–Kier alpha value is -0.940. The Morgan fingerprint density at radius 1 is 1.56 bits per heavy atom. The molecule has 90 valence electrons. The highest BCUT2D eigenvalue weighted by molar-refractivity contribution is 6.21. The highest BCUT2D eigenvalue weighted by Crippen LogP contribution is 2.16. The maximum absolute atomic E-state index is 13.6. The predicted molar refractivity (Wildman–Crippen MR) is 61.5 cm³/mol. The van der Waals surface area contributed by atoms with Gasteiger partial charge in [0.15, 0.2) is 11.6 Å². The van der Waals surface area contributed by atoms with E-state index in [1.165, 1.54) is 6.33 Å². The molecule has 4 nitrogen and oxygen atoms in total. The van der Waals surface area contributed by atoms with E-state index in [9.17, 15) is 4.39 Å². The minimum absolute atomic E-state index is 0.204. The first kappa shape index (κ1) is 13.1. The summed E-state index contributed by atoms with van der Waals surface area (Å²) in [6.07, 6.45) is 1.34. The Morgan fingerprint density at radius 3 is 2.88 bits per heavy atom. The standard InChI is InChI=1S/C10H15ClFN3O/c1-7-9(12)10(14-6-13-7)15(2)4-8(11)5-16-3/h6,8H,4-5H2,1-3H3. The first-order valence-corrected chi connectivity index (χ1v) is 5.31. The molecule has 0 radical (unpaired) electrons. The number of aromatic nitrogens is 2. The molecule has 1 heterocycles. The van der Waals surface area contributed by atoms with Crippen LogP contribution >= 0.6 is 11.6 Å². The largest absolute Gasteiger partial charge is 0.383 e. The molecule has 0 aliphatic rings. The number of nitrogens with zero attached hydrogens (tertiary/aromatic N) is 3. The maximum atomic E-state index is 13.6. The first-order valence-electron chi connectivity index (χ1n) is 4.87. The van der Waals surface area contributed by atoms with Crippen LogP contribution in [0.25, 0.3) is 0 Å². The van der Waals surface area contributed by atoms with E-state index in [0.717, 1.165) is 0 Å². The number of methoxy groups -OCH3 is 1. The third-order valence-corrected chi connectivity index (χ3v) is 2.39. The highest BCUT2D eigenvalue weighted by Gasteiger charge is 2.15. The van der Waals surface area contributed by atoms with Gasteiger partial charge in [-0.3, -0.25) is 0 Å². The Labute approximate surface area is 99.4 Å². The Morgan fingerprint density at radius 2 is 2.25 bits per heavy atom. The van der Waals surface area contributed by atoms with E-state index in [0.29, 0.717) is 18.8 Å². The molecule has 6 heteroatoms. The predicted octanol–water partition coefficient (Wildman–Crippen LogP) is 1.61. The fourth-order valence-electron chi connectivity index (χ4n) is 1.33. The number of hydrogen-bond acceptors (Lipinski definition) is 4. The summed E-state index contributed by atoms with van der Waals surface area (Å²) in [5.41, 5.74) is 0.328. The summed E-state index contributed by atoms with van der Waals surface area (Å²) in [6, 6.07) is 0. The molecule has 0 saturated heterocycles. The number of rotatable bonds is 5. The van der Waals surface area contributed by atoms with Gasteiger partial charge in [-0.25, -0.2) is 14.4 Å². The lowest BCUT2D eigenvalue weighted by atomic mass is 10.3. The maximum Gasteiger partial charge on any atom is 0.186 e. The van der Waals surface area contributed by atoms with Gasteiger partial charge in [-0.1, -0.05) is 0 Å². The number of ether oxygens (including phenoxy) is 1. The summed E-state index contributed by atoms with van der Waals surface area (Å²) in [5, 5.41) is -0.204. The summed E-state index contributed by atoms with van der Waals surface area (Å²) in [6.45, 7) is 2.47. The molecule has 0 aliphatic heterocycles. The molecule has 0 N–H and O–H groups in total. The van der Waals surface area contributed by atoms with Crippen molar-refractivity contribution in [3.05, 3.63) is 17.8 Å². The molecule has 0 amide bonds. The molecular weight excluding hydrogens is 233 g/mol. The molecule has 1 unspecified atom stereocenters. The SMILES string of the molecule is COCC(Cl)CN(C)c1ncnc(C)c1F. The Kier molecular flexibility index (Phi) is 4.89.